The Bertz CT molecular complexity index is 759. The summed E-state index contributed by atoms with van der Waals surface area (Å²) in [5, 5.41) is 3.47. The predicted octanol–water partition coefficient (Wildman–Crippen LogP) is 3.17. The van der Waals surface area contributed by atoms with Crippen LogP contribution in [0.5, 0.6) is 0 Å². The minimum Gasteiger partial charge on any atom is -0.293 e. The third kappa shape index (κ3) is 2.12. The molecule has 2 aliphatic carbocycles. The molecule has 0 amide bonds. The van der Waals surface area contributed by atoms with E-state index in [9.17, 15) is 4.79 Å². The maximum atomic E-state index is 12.0. The number of halogens is 3. The van der Waals surface area contributed by atoms with Gasteiger partial charge in [-0.1, -0.05) is 63.4 Å². The summed E-state index contributed by atoms with van der Waals surface area (Å²) in [7, 11) is 0. The second kappa shape index (κ2) is 4.93. The molecule has 0 fully saturated rings. The molecule has 96 valence electrons. The Labute approximate surface area is 129 Å². The highest BCUT2D eigenvalue weighted by atomic mass is 79.9. The van der Waals surface area contributed by atoms with E-state index in [1.807, 2.05) is 24.3 Å². The molecule has 1 atom stereocenters. The summed E-state index contributed by atoms with van der Waals surface area (Å²) in [6.45, 7) is 0. The molecule has 1 aromatic rings. The van der Waals surface area contributed by atoms with Crippen LogP contribution in [0.1, 0.15) is 10.4 Å². The number of benzene rings is 1. The number of rotatable bonds is 2. The topological polar surface area (TPSA) is 17.1 Å². The number of allylic oxidation sites excluding steroid dienone is 4. The van der Waals surface area contributed by atoms with E-state index in [1.165, 1.54) is 5.57 Å². The van der Waals surface area contributed by atoms with Crippen molar-refractivity contribution in [3.63, 3.8) is 0 Å². The van der Waals surface area contributed by atoms with Crippen LogP contribution in [0, 0.1) is 5.92 Å². The number of Topliss-reactive ketones (excluding diaryl/α,β-unsaturated/α-hetero) is 1. The lowest BCUT2D eigenvalue weighted by Crippen LogP contribution is -2.30. The lowest BCUT2D eigenvalue weighted by atomic mass is 9.97. The number of ketones is 1. The Morgan fingerprint density at radius 2 is 2.00 bits per heavy atom. The fourth-order valence-electron chi connectivity index (χ4n) is 2.55. The molecule has 1 aromatic carbocycles. The van der Waals surface area contributed by atoms with Crippen LogP contribution in [0.15, 0.2) is 35.4 Å². The Hall–Kier alpha value is -0.830. The average Bonchev–Trinajstić information content (AvgIpc) is 2.74. The first-order valence-electron chi connectivity index (χ1n) is 5.81. The molecule has 0 bridgehead atoms. The van der Waals surface area contributed by atoms with E-state index in [4.69, 9.17) is 23.2 Å². The molecular weight excluding hydrogens is 347 g/mol. The molecule has 0 saturated heterocycles. The van der Waals surface area contributed by atoms with Crippen LogP contribution >= 0.6 is 39.1 Å². The molecule has 0 spiro atoms. The van der Waals surface area contributed by atoms with Crippen LogP contribution in [0.2, 0.25) is 5.02 Å². The van der Waals surface area contributed by atoms with Gasteiger partial charge in [0, 0.05) is 16.5 Å². The summed E-state index contributed by atoms with van der Waals surface area (Å²) in [5.41, 5.74) is 1.76. The highest BCUT2D eigenvalue weighted by Gasteiger charge is 2.21. The summed E-state index contributed by atoms with van der Waals surface area (Å²) in [6, 6.07) is 3.75. The second-order valence-corrected chi connectivity index (χ2v) is 5.88. The number of alkyl halides is 1. The van der Waals surface area contributed by atoms with Crippen molar-refractivity contribution in [2.45, 2.75) is 0 Å². The van der Waals surface area contributed by atoms with Crippen molar-refractivity contribution >= 4 is 56.6 Å². The zero-order valence-electron chi connectivity index (χ0n) is 9.79. The van der Waals surface area contributed by atoms with Crippen molar-refractivity contribution in [2.75, 3.05) is 5.33 Å². The van der Waals surface area contributed by atoms with Gasteiger partial charge in [0.25, 0.3) is 0 Å². The number of hydrogen-bond donors (Lipinski definition) is 0. The molecule has 0 aromatic heterocycles. The fourth-order valence-corrected chi connectivity index (χ4v) is 3.30. The standard InChI is InChI=1S/C15H9BrCl2O/c16-7-14(19)15-12-6-8-5-9(17)1-2-10(8)11(12)3-4-13(15)18/h1-6,8H,7H2/t8-/m1/s1. The minimum absolute atomic E-state index is 0.00333. The number of hydrogen-bond acceptors (Lipinski definition) is 1. The summed E-state index contributed by atoms with van der Waals surface area (Å²) >= 11 is 15.4. The van der Waals surface area contributed by atoms with Crippen LogP contribution in [0.25, 0.3) is 11.6 Å². The van der Waals surface area contributed by atoms with E-state index < -0.39 is 0 Å². The monoisotopic (exact) mass is 354 g/mol. The molecule has 0 unspecified atom stereocenters. The first kappa shape index (κ1) is 13.2. The maximum absolute atomic E-state index is 12.0. The van der Waals surface area contributed by atoms with Gasteiger partial charge in [0.1, 0.15) is 0 Å². The third-order valence-corrected chi connectivity index (χ3v) is 4.45. The largest absolute Gasteiger partial charge is 0.293 e. The quantitative estimate of drug-likeness (QED) is 0.588. The van der Waals surface area contributed by atoms with Gasteiger partial charge in [-0.05, 0) is 28.2 Å². The predicted molar refractivity (Wildman–Crippen MR) is 83.3 cm³/mol. The molecule has 4 heteroatoms. The van der Waals surface area contributed by atoms with Crippen LogP contribution in [-0.2, 0) is 0 Å². The Morgan fingerprint density at radius 1 is 1.21 bits per heavy atom. The summed E-state index contributed by atoms with van der Waals surface area (Å²) < 4.78 is 0. The highest BCUT2D eigenvalue weighted by molar-refractivity contribution is 9.09. The van der Waals surface area contributed by atoms with E-state index in [-0.39, 0.29) is 17.0 Å². The van der Waals surface area contributed by atoms with Gasteiger partial charge in [0.05, 0.1) is 10.4 Å². The van der Waals surface area contributed by atoms with Gasteiger partial charge in [-0.2, -0.15) is 0 Å². The summed E-state index contributed by atoms with van der Waals surface area (Å²) in [4.78, 5) is 12.0. The molecule has 19 heavy (non-hydrogen) atoms. The number of carbonyl (C=O) groups excluding carboxylic acids is 1. The van der Waals surface area contributed by atoms with Crippen LogP contribution < -0.4 is 10.4 Å². The Morgan fingerprint density at radius 3 is 2.74 bits per heavy atom. The van der Waals surface area contributed by atoms with Crippen LogP contribution in [0.3, 0.4) is 0 Å². The van der Waals surface area contributed by atoms with Gasteiger partial charge in [-0.25, -0.2) is 0 Å². The maximum Gasteiger partial charge on any atom is 0.175 e. The van der Waals surface area contributed by atoms with E-state index in [0.29, 0.717) is 10.6 Å². The smallest absolute Gasteiger partial charge is 0.175 e. The van der Waals surface area contributed by atoms with Gasteiger partial charge in [-0.15, -0.1) is 0 Å². The zero-order valence-corrected chi connectivity index (χ0v) is 12.9. The zero-order chi connectivity index (χ0) is 13.6. The third-order valence-electron chi connectivity index (χ3n) is 3.37. The Kier molecular flexibility index (Phi) is 3.42. The fraction of sp³-hybridized carbons (Fsp3) is 0.133. The van der Waals surface area contributed by atoms with Gasteiger partial charge in [-0.3, -0.25) is 4.79 Å². The van der Waals surface area contributed by atoms with Crippen molar-refractivity contribution < 1.29 is 4.79 Å². The summed E-state index contributed by atoms with van der Waals surface area (Å²) in [6.07, 6.45) is 7.91. The van der Waals surface area contributed by atoms with E-state index in [2.05, 4.69) is 22.0 Å². The molecule has 3 rings (SSSR count). The lowest BCUT2D eigenvalue weighted by Gasteiger charge is -2.10. The summed E-state index contributed by atoms with van der Waals surface area (Å²) in [5.74, 6) is 0.129. The van der Waals surface area contributed by atoms with Crippen LogP contribution in [-0.4, -0.2) is 11.1 Å². The minimum atomic E-state index is -0.00333. The van der Waals surface area contributed by atoms with Crippen molar-refractivity contribution in [3.05, 3.63) is 56.4 Å². The molecule has 2 aliphatic rings. The molecule has 1 nitrogen and oxygen atoms in total. The van der Waals surface area contributed by atoms with Gasteiger partial charge >= 0.3 is 0 Å². The Balaban J connectivity index is 2.35. The number of carbonyl (C=O) groups is 1. The van der Waals surface area contributed by atoms with Gasteiger partial charge in [0.2, 0.25) is 0 Å². The first-order valence-corrected chi connectivity index (χ1v) is 7.68. The lowest BCUT2D eigenvalue weighted by molar-refractivity contribution is 0.102. The van der Waals surface area contributed by atoms with Crippen LogP contribution in [0.4, 0.5) is 0 Å². The van der Waals surface area contributed by atoms with Gasteiger partial charge < -0.3 is 0 Å². The van der Waals surface area contributed by atoms with Crippen molar-refractivity contribution in [1.82, 2.24) is 0 Å². The van der Waals surface area contributed by atoms with Gasteiger partial charge in [0.15, 0.2) is 5.78 Å². The molecule has 0 aliphatic heterocycles. The molecule has 0 heterocycles. The van der Waals surface area contributed by atoms with E-state index >= 15 is 0 Å². The SMILES string of the molecule is O=C(CBr)c1c(Cl)ccc2c1=C[C@H]1C=C(Cl)C=CC=21. The average molecular weight is 356 g/mol. The molecule has 0 saturated carbocycles. The molecule has 0 N–H and O–H groups in total. The molecule has 0 radical (unpaired) electrons. The number of fused-ring (bicyclic) bond motifs is 2. The van der Waals surface area contributed by atoms with E-state index in [0.717, 1.165) is 15.5 Å². The first-order chi connectivity index (χ1) is 9.11. The normalized spacial score (nSPS) is 19.6. The van der Waals surface area contributed by atoms with Crippen molar-refractivity contribution in [2.24, 2.45) is 5.92 Å². The van der Waals surface area contributed by atoms with Crippen molar-refractivity contribution in [1.29, 1.82) is 0 Å². The highest BCUT2D eigenvalue weighted by Crippen LogP contribution is 2.28. The van der Waals surface area contributed by atoms with Crippen molar-refractivity contribution in [3.8, 4) is 0 Å². The van der Waals surface area contributed by atoms with E-state index in [1.54, 1.807) is 6.07 Å². The second-order valence-electron chi connectivity index (χ2n) is 4.47. The molecular formula is C15H9BrCl2O.